The van der Waals surface area contributed by atoms with Gasteiger partial charge in [0, 0.05) is 37.6 Å². The lowest BCUT2D eigenvalue weighted by Crippen LogP contribution is -2.40. The van der Waals surface area contributed by atoms with Gasteiger partial charge >= 0.3 is 0 Å². The van der Waals surface area contributed by atoms with Gasteiger partial charge < -0.3 is 14.8 Å². The highest BCUT2D eigenvalue weighted by molar-refractivity contribution is 4.82. The van der Waals surface area contributed by atoms with Gasteiger partial charge in [0.05, 0.1) is 6.33 Å². The normalized spacial score (nSPS) is 24.5. The van der Waals surface area contributed by atoms with Crippen LogP contribution in [0.5, 0.6) is 0 Å². The maximum atomic E-state index is 4.05. The molecule has 15 heavy (non-hydrogen) atoms. The minimum atomic E-state index is 0.510. The third kappa shape index (κ3) is 3.04. The molecule has 0 aliphatic carbocycles. The molecule has 4 heteroatoms. The van der Waals surface area contributed by atoms with Gasteiger partial charge in [-0.15, -0.1) is 0 Å². The minimum absolute atomic E-state index is 0.510. The second-order valence-corrected chi connectivity index (χ2v) is 4.58. The number of imidazole rings is 1. The smallest absolute Gasteiger partial charge is 0.0946 e. The van der Waals surface area contributed by atoms with E-state index in [1.165, 1.54) is 19.5 Å². The van der Waals surface area contributed by atoms with Crippen LogP contribution in [0.4, 0.5) is 0 Å². The molecule has 0 radical (unpaired) electrons. The molecule has 1 saturated heterocycles. The molecule has 84 valence electrons. The van der Waals surface area contributed by atoms with Crippen LogP contribution in [0.3, 0.4) is 0 Å². The van der Waals surface area contributed by atoms with Crippen molar-refractivity contribution < 1.29 is 0 Å². The highest BCUT2D eigenvalue weighted by Crippen LogP contribution is 2.07. The number of aromatic nitrogens is 2. The van der Waals surface area contributed by atoms with Crippen molar-refractivity contribution in [1.29, 1.82) is 0 Å². The van der Waals surface area contributed by atoms with Gasteiger partial charge in [-0.3, -0.25) is 0 Å². The van der Waals surface area contributed by atoms with Gasteiger partial charge in [-0.1, -0.05) is 0 Å². The Bertz CT molecular complexity index is 283. The zero-order valence-corrected chi connectivity index (χ0v) is 9.56. The van der Waals surface area contributed by atoms with Crippen molar-refractivity contribution in [3.8, 4) is 0 Å². The monoisotopic (exact) mass is 208 g/mol. The number of nitrogens with zero attached hydrogens (tertiary/aromatic N) is 3. The number of likely N-dealkylation sites (N-methyl/N-ethyl adjacent to an activating group) is 1. The third-order valence-corrected chi connectivity index (χ3v) is 2.96. The summed E-state index contributed by atoms with van der Waals surface area (Å²) in [7, 11) is 2.18. The van der Waals surface area contributed by atoms with E-state index in [0.29, 0.717) is 12.1 Å². The molecule has 0 spiro atoms. The standard InChI is InChI=1S/C11H20N4/c1-10(7-15-6-4-12-9-15)13-11-3-5-14(2)8-11/h4,6,9-11,13H,3,5,7-8H2,1-2H3. The van der Waals surface area contributed by atoms with Crippen molar-refractivity contribution in [2.45, 2.75) is 32.0 Å². The lowest BCUT2D eigenvalue weighted by molar-refractivity contribution is 0.373. The second kappa shape index (κ2) is 4.77. The van der Waals surface area contributed by atoms with Gasteiger partial charge in [0.2, 0.25) is 0 Å². The van der Waals surface area contributed by atoms with Crippen molar-refractivity contribution >= 4 is 0 Å². The summed E-state index contributed by atoms with van der Waals surface area (Å²) in [6, 6.07) is 1.17. The van der Waals surface area contributed by atoms with Gasteiger partial charge in [0.15, 0.2) is 0 Å². The van der Waals surface area contributed by atoms with E-state index < -0.39 is 0 Å². The van der Waals surface area contributed by atoms with E-state index in [-0.39, 0.29) is 0 Å². The lowest BCUT2D eigenvalue weighted by Gasteiger charge is -2.19. The summed E-state index contributed by atoms with van der Waals surface area (Å²) in [5, 5.41) is 3.66. The number of hydrogen-bond acceptors (Lipinski definition) is 3. The molecule has 0 bridgehead atoms. The van der Waals surface area contributed by atoms with E-state index >= 15 is 0 Å². The molecular weight excluding hydrogens is 188 g/mol. The highest BCUT2D eigenvalue weighted by atomic mass is 15.2. The summed E-state index contributed by atoms with van der Waals surface area (Å²) < 4.78 is 2.12. The molecule has 0 amide bonds. The molecule has 0 saturated carbocycles. The van der Waals surface area contributed by atoms with Gasteiger partial charge in [-0.05, 0) is 26.9 Å². The van der Waals surface area contributed by atoms with Crippen LogP contribution < -0.4 is 5.32 Å². The van der Waals surface area contributed by atoms with Crippen LogP contribution in [0, 0.1) is 0 Å². The Labute approximate surface area is 91.3 Å². The first-order chi connectivity index (χ1) is 7.24. The number of rotatable bonds is 4. The van der Waals surface area contributed by atoms with Gasteiger partial charge in [0.1, 0.15) is 0 Å². The molecule has 1 fully saturated rings. The summed E-state index contributed by atoms with van der Waals surface area (Å²) in [6.07, 6.45) is 6.98. The molecule has 2 heterocycles. The van der Waals surface area contributed by atoms with Crippen molar-refractivity contribution in [2.75, 3.05) is 20.1 Å². The quantitative estimate of drug-likeness (QED) is 0.785. The first-order valence-corrected chi connectivity index (χ1v) is 5.64. The maximum absolute atomic E-state index is 4.05. The van der Waals surface area contributed by atoms with Crippen LogP contribution in [0.2, 0.25) is 0 Å². The summed E-state index contributed by atoms with van der Waals surface area (Å²) >= 11 is 0. The third-order valence-electron chi connectivity index (χ3n) is 2.96. The summed E-state index contributed by atoms with van der Waals surface area (Å²) in [6.45, 7) is 5.63. The molecule has 1 aromatic heterocycles. The average molecular weight is 208 g/mol. The molecule has 1 N–H and O–H groups in total. The Hall–Kier alpha value is -0.870. The first-order valence-electron chi connectivity index (χ1n) is 5.64. The predicted molar refractivity (Wildman–Crippen MR) is 60.7 cm³/mol. The molecule has 1 aromatic rings. The molecule has 0 aromatic carbocycles. The van der Waals surface area contributed by atoms with Gasteiger partial charge in [0.25, 0.3) is 0 Å². The van der Waals surface area contributed by atoms with Crippen LogP contribution in [0.15, 0.2) is 18.7 Å². The summed E-state index contributed by atoms with van der Waals surface area (Å²) in [5.74, 6) is 0. The lowest BCUT2D eigenvalue weighted by atomic mass is 10.2. The SMILES string of the molecule is CC(Cn1ccnc1)NC1CCN(C)C1. The molecule has 2 unspecified atom stereocenters. The van der Waals surface area contributed by atoms with Crippen molar-refractivity contribution in [3.63, 3.8) is 0 Å². The zero-order valence-electron chi connectivity index (χ0n) is 9.56. The van der Waals surface area contributed by atoms with Gasteiger partial charge in [-0.2, -0.15) is 0 Å². The number of hydrogen-bond donors (Lipinski definition) is 1. The van der Waals surface area contributed by atoms with Crippen LogP contribution in [-0.4, -0.2) is 46.7 Å². The van der Waals surface area contributed by atoms with E-state index in [4.69, 9.17) is 0 Å². The number of likely N-dealkylation sites (tertiary alicyclic amines) is 1. The van der Waals surface area contributed by atoms with E-state index in [2.05, 4.69) is 33.7 Å². The van der Waals surface area contributed by atoms with Crippen LogP contribution >= 0.6 is 0 Å². The minimum Gasteiger partial charge on any atom is -0.336 e. The fourth-order valence-electron chi connectivity index (χ4n) is 2.24. The zero-order chi connectivity index (χ0) is 10.7. The average Bonchev–Trinajstić information content (AvgIpc) is 2.77. The fourth-order valence-corrected chi connectivity index (χ4v) is 2.24. The molecule has 2 rings (SSSR count). The predicted octanol–water partition coefficient (Wildman–Crippen LogP) is 0.565. The molecular formula is C11H20N4. The fraction of sp³-hybridized carbons (Fsp3) is 0.727. The Morgan fingerprint density at radius 2 is 2.47 bits per heavy atom. The highest BCUT2D eigenvalue weighted by Gasteiger charge is 2.20. The summed E-state index contributed by atoms with van der Waals surface area (Å²) in [4.78, 5) is 6.42. The summed E-state index contributed by atoms with van der Waals surface area (Å²) in [5.41, 5.74) is 0. The van der Waals surface area contributed by atoms with Crippen LogP contribution in [0.25, 0.3) is 0 Å². The topological polar surface area (TPSA) is 33.1 Å². The Kier molecular flexibility index (Phi) is 3.38. The van der Waals surface area contributed by atoms with Crippen molar-refractivity contribution in [2.24, 2.45) is 0 Å². The van der Waals surface area contributed by atoms with Crippen LogP contribution in [0.1, 0.15) is 13.3 Å². The molecule has 2 atom stereocenters. The molecule has 1 aliphatic heterocycles. The van der Waals surface area contributed by atoms with E-state index in [1.807, 2.05) is 18.7 Å². The largest absolute Gasteiger partial charge is 0.336 e. The Morgan fingerprint density at radius 3 is 3.07 bits per heavy atom. The molecule has 1 aliphatic rings. The Morgan fingerprint density at radius 1 is 1.60 bits per heavy atom. The van der Waals surface area contributed by atoms with Crippen molar-refractivity contribution in [3.05, 3.63) is 18.7 Å². The van der Waals surface area contributed by atoms with Gasteiger partial charge in [-0.25, -0.2) is 4.98 Å². The molecule has 4 nitrogen and oxygen atoms in total. The second-order valence-electron chi connectivity index (χ2n) is 4.58. The van der Waals surface area contributed by atoms with E-state index in [0.717, 1.165) is 6.54 Å². The Balaban J connectivity index is 1.75. The number of nitrogens with one attached hydrogen (secondary N) is 1. The maximum Gasteiger partial charge on any atom is 0.0946 e. The van der Waals surface area contributed by atoms with Crippen molar-refractivity contribution in [1.82, 2.24) is 19.8 Å². The van der Waals surface area contributed by atoms with Crippen LogP contribution in [-0.2, 0) is 6.54 Å². The first kappa shape index (κ1) is 10.6. The van der Waals surface area contributed by atoms with E-state index in [9.17, 15) is 0 Å². The van der Waals surface area contributed by atoms with E-state index in [1.54, 1.807) is 0 Å².